The molecule has 0 amide bonds. The molecule has 0 spiro atoms. The van der Waals surface area contributed by atoms with Crippen LogP contribution >= 0.6 is 0 Å². The van der Waals surface area contributed by atoms with Crippen LogP contribution in [-0.4, -0.2) is 20.8 Å². The van der Waals surface area contributed by atoms with Crippen molar-refractivity contribution >= 4 is 22.8 Å². The van der Waals surface area contributed by atoms with Gasteiger partial charge >= 0.3 is 0 Å². The lowest BCUT2D eigenvalue weighted by molar-refractivity contribution is 0.111. The van der Waals surface area contributed by atoms with Gasteiger partial charge in [0.1, 0.15) is 17.1 Å². The van der Waals surface area contributed by atoms with Gasteiger partial charge in [-0.1, -0.05) is 0 Å². The number of aromatic hydroxyl groups is 1. The van der Waals surface area contributed by atoms with Crippen molar-refractivity contribution in [2.75, 3.05) is 0 Å². The van der Waals surface area contributed by atoms with Crippen LogP contribution in [0, 0.1) is 6.92 Å². The summed E-state index contributed by atoms with van der Waals surface area (Å²) in [5.74, 6) is 0.232. The first-order chi connectivity index (χ1) is 8.19. The van der Waals surface area contributed by atoms with E-state index in [1.807, 2.05) is 23.5 Å². The Morgan fingerprint density at radius 3 is 2.94 bits per heavy atom. The molecule has 0 atom stereocenters. The number of fused-ring (bicyclic) bond motifs is 3. The van der Waals surface area contributed by atoms with Crippen LogP contribution in [0.1, 0.15) is 16.1 Å². The van der Waals surface area contributed by atoms with Gasteiger partial charge in [0, 0.05) is 11.6 Å². The van der Waals surface area contributed by atoms with Crippen molar-refractivity contribution in [3.8, 4) is 5.75 Å². The van der Waals surface area contributed by atoms with Gasteiger partial charge in [0.25, 0.3) is 0 Å². The van der Waals surface area contributed by atoms with Crippen LogP contribution in [0.4, 0.5) is 0 Å². The van der Waals surface area contributed by atoms with Crippen molar-refractivity contribution in [3.05, 3.63) is 41.7 Å². The summed E-state index contributed by atoms with van der Waals surface area (Å²) >= 11 is 0. The predicted molar refractivity (Wildman–Crippen MR) is 64.5 cm³/mol. The van der Waals surface area contributed by atoms with Gasteiger partial charge in [-0.3, -0.25) is 9.20 Å². The molecule has 0 bridgehead atoms. The van der Waals surface area contributed by atoms with E-state index >= 15 is 0 Å². The first-order valence-electron chi connectivity index (χ1n) is 5.25. The van der Waals surface area contributed by atoms with E-state index in [1.54, 1.807) is 18.3 Å². The molecule has 0 unspecified atom stereocenters. The molecule has 3 aromatic rings. The number of nitrogens with zero attached hydrogens (tertiary/aromatic N) is 2. The zero-order chi connectivity index (χ0) is 12.0. The number of aryl methyl sites for hydroxylation is 1. The number of benzene rings is 1. The number of carbonyl (C=O) groups excluding carboxylic acids is 1. The highest BCUT2D eigenvalue weighted by Gasteiger charge is 2.07. The van der Waals surface area contributed by atoms with Crippen LogP contribution in [0.2, 0.25) is 0 Å². The monoisotopic (exact) mass is 226 g/mol. The number of hydrogen-bond acceptors (Lipinski definition) is 3. The summed E-state index contributed by atoms with van der Waals surface area (Å²) < 4.78 is 1.85. The molecule has 0 aliphatic carbocycles. The Morgan fingerprint density at radius 2 is 2.18 bits per heavy atom. The van der Waals surface area contributed by atoms with Crippen LogP contribution in [0.15, 0.2) is 30.5 Å². The Kier molecular flexibility index (Phi) is 1.92. The summed E-state index contributed by atoms with van der Waals surface area (Å²) in [4.78, 5) is 14.9. The molecule has 4 nitrogen and oxygen atoms in total. The quantitative estimate of drug-likeness (QED) is 0.648. The number of rotatable bonds is 1. The number of aromatic nitrogens is 2. The number of pyridine rings is 1. The zero-order valence-electron chi connectivity index (χ0n) is 9.21. The minimum Gasteiger partial charge on any atom is -0.508 e. The predicted octanol–water partition coefficient (Wildman–Crippen LogP) is 2.31. The number of imidazole rings is 1. The molecule has 2 aromatic heterocycles. The van der Waals surface area contributed by atoms with E-state index < -0.39 is 0 Å². The highest BCUT2D eigenvalue weighted by Crippen LogP contribution is 2.25. The standard InChI is InChI=1S/C13H10N2O2/c1-8-4-13-14-9(7-16)6-15(13)12-3-2-10(17)5-11(8)12/h2-7,17H,1H3. The Labute approximate surface area is 97.1 Å². The lowest BCUT2D eigenvalue weighted by Gasteiger charge is -2.05. The van der Waals surface area contributed by atoms with E-state index in [2.05, 4.69) is 4.98 Å². The molecule has 1 aromatic carbocycles. The molecule has 3 rings (SSSR count). The number of phenolic OH excluding ortho intramolecular Hbond substituents is 1. The van der Waals surface area contributed by atoms with E-state index in [9.17, 15) is 9.90 Å². The maximum absolute atomic E-state index is 10.7. The van der Waals surface area contributed by atoms with Crippen LogP contribution in [-0.2, 0) is 0 Å². The second-order valence-corrected chi connectivity index (χ2v) is 4.04. The third-order valence-electron chi connectivity index (χ3n) is 2.88. The molecule has 84 valence electrons. The number of aldehydes is 1. The molecule has 0 aliphatic rings. The van der Waals surface area contributed by atoms with Crippen LogP contribution in [0.3, 0.4) is 0 Å². The molecule has 0 aliphatic heterocycles. The van der Waals surface area contributed by atoms with Gasteiger partial charge in [-0.15, -0.1) is 0 Å². The normalized spacial score (nSPS) is 11.1. The minimum atomic E-state index is 0.232. The highest BCUT2D eigenvalue weighted by molar-refractivity contribution is 5.87. The minimum absolute atomic E-state index is 0.232. The third-order valence-corrected chi connectivity index (χ3v) is 2.88. The van der Waals surface area contributed by atoms with Gasteiger partial charge in [0.2, 0.25) is 0 Å². The van der Waals surface area contributed by atoms with Crippen LogP contribution < -0.4 is 0 Å². The SMILES string of the molecule is Cc1cc2nc(C=O)cn2c2ccc(O)cc12. The molecular formula is C13H10N2O2. The summed E-state index contributed by atoms with van der Waals surface area (Å²) in [5, 5.41) is 10.4. The topological polar surface area (TPSA) is 54.6 Å². The third kappa shape index (κ3) is 1.38. The number of phenols is 1. The van der Waals surface area contributed by atoms with Gasteiger partial charge in [0.15, 0.2) is 6.29 Å². The molecular weight excluding hydrogens is 216 g/mol. The lowest BCUT2D eigenvalue weighted by atomic mass is 10.1. The van der Waals surface area contributed by atoms with Crippen molar-refractivity contribution in [3.63, 3.8) is 0 Å². The van der Waals surface area contributed by atoms with E-state index in [-0.39, 0.29) is 5.75 Å². The maximum Gasteiger partial charge on any atom is 0.170 e. The fraction of sp³-hybridized carbons (Fsp3) is 0.0769. The molecule has 0 saturated heterocycles. The Bertz CT molecular complexity index is 744. The molecule has 17 heavy (non-hydrogen) atoms. The Morgan fingerprint density at radius 1 is 1.35 bits per heavy atom. The van der Waals surface area contributed by atoms with Gasteiger partial charge in [0.05, 0.1) is 5.52 Å². The maximum atomic E-state index is 10.7. The second-order valence-electron chi connectivity index (χ2n) is 4.04. The molecule has 0 fully saturated rings. The van der Waals surface area contributed by atoms with E-state index in [0.29, 0.717) is 5.69 Å². The summed E-state index contributed by atoms with van der Waals surface area (Å²) in [6, 6.07) is 7.06. The van der Waals surface area contributed by atoms with Crippen molar-refractivity contribution < 1.29 is 9.90 Å². The van der Waals surface area contributed by atoms with E-state index in [4.69, 9.17) is 0 Å². The van der Waals surface area contributed by atoms with Gasteiger partial charge < -0.3 is 5.11 Å². The summed E-state index contributed by atoms with van der Waals surface area (Å²) in [6.45, 7) is 1.96. The van der Waals surface area contributed by atoms with Gasteiger partial charge in [-0.2, -0.15) is 0 Å². The summed E-state index contributed by atoms with van der Waals surface area (Å²) in [5.41, 5.74) is 3.10. The van der Waals surface area contributed by atoms with Crippen molar-refractivity contribution in [2.45, 2.75) is 6.92 Å². The Balaban J connectivity index is 2.53. The van der Waals surface area contributed by atoms with E-state index in [1.165, 1.54) is 0 Å². The van der Waals surface area contributed by atoms with E-state index in [0.717, 1.165) is 28.4 Å². The fourth-order valence-electron chi connectivity index (χ4n) is 2.09. The second kappa shape index (κ2) is 3.31. The first-order valence-corrected chi connectivity index (χ1v) is 5.25. The van der Waals surface area contributed by atoms with Crippen LogP contribution in [0.25, 0.3) is 16.6 Å². The average Bonchev–Trinajstić information content (AvgIpc) is 2.72. The van der Waals surface area contributed by atoms with Gasteiger partial charge in [-0.05, 0) is 36.8 Å². The van der Waals surface area contributed by atoms with Crippen LogP contribution in [0.5, 0.6) is 5.75 Å². The largest absolute Gasteiger partial charge is 0.508 e. The number of carbonyl (C=O) groups is 1. The number of hydrogen-bond donors (Lipinski definition) is 1. The first kappa shape index (κ1) is 9.84. The molecule has 2 heterocycles. The summed E-state index contributed by atoms with van der Waals surface area (Å²) in [7, 11) is 0. The molecule has 0 radical (unpaired) electrons. The van der Waals surface area contributed by atoms with Crippen molar-refractivity contribution in [2.24, 2.45) is 0 Å². The summed E-state index contributed by atoms with van der Waals surface area (Å²) in [6.07, 6.45) is 2.43. The molecule has 1 N–H and O–H groups in total. The van der Waals surface area contributed by atoms with Crippen molar-refractivity contribution in [1.82, 2.24) is 9.38 Å². The molecule has 4 heteroatoms. The lowest BCUT2D eigenvalue weighted by Crippen LogP contribution is -1.89. The van der Waals surface area contributed by atoms with Crippen molar-refractivity contribution in [1.29, 1.82) is 0 Å². The Hall–Kier alpha value is -2.36. The van der Waals surface area contributed by atoms with Gasteiger partial charge in [-0.25, -0.2) is 4.98 Å². The fourth-order valence-corrected chi connectivity index (χ4v) is 2.09. The highest BCUT2D eigenvalue weighted by atomic mass is 16.3. The zero-order valence-corrected chi connectivity index (χ0v) is 9.21. The molecule has 0 saturated carbocycles. The smallest absolute Gasteiger partial charge is 0.170 e. The average molecular weight is 226 g/mol.